The lowest BCUT2D eigenvalue weighted by Gasteiger charge is -2.19. The summed E-state index contributed by atoms with van der Waals surface area (Å²) in [5.41, 5.74) is 1.22. The van der Waals surface area contributed by atoms with Gasteiger partial charge in [-0.15, -0.1) is 0 Å². The van der Waals surface area contributed by atoms with Crippen molar-refractivity contribution in [3.05, 3.63) is 29.8 Å². The van der Waals surface area contributed by atoms with Gasteiger partial charge in [-0.05, 0) is 52.4 Å². The Labute approximate surface area is 110 Å². The Hall–Kier alpha value is -1.06. The van der Waals surface area contributed by atoms with Gasteiger partial charge in [0.15, 0.2) is 0 Å². The van der Waals surface area contributed by atoms with Crippen molar-refractivity contribution in [2.24, 2.45) is 0 Å². The van der Waals surface area contributed by atoms with Crippen molar-refractivity contribution in [2.75, 3.05) is 13.7 Å². The summed E-state index contributed by atoms with van der Waals surface area (Å²) < 4.78 is 11.3. The normalized spacial score (nSPS) is 13.1. The third kappa shape index (κ3) is 5.07. The van der Waals surface area contributed by atoms with Gasteiger partial charge in [-0.25, -0.2) is 0 Å². The molecule has 3 heteroatoms. The number of nitrogens with one attached hydrogen (secondary N) is 1. The van der Waals surface area contributed by atoms with Gasteiger partial charge in [-0.3, -0.25) is 0 Å². The first-order valence-electron chi connectivity index (χ1n) is 6.58. The number of rotatable bonds is 7. The Morgan fingerprint density at radius 3 is 2.06 bits per heavy atom. The lowest BCUT2D eigenvalue weighted by Crippen LogP contribution is -2.23. The fraction of sp³-hybridized carbons (Fsp3) is 0.600. The number of likely N-dealkylation sites (N-methyl/N-ethyl adjacent to an activating group) is 1. The first kappa shape index (κ1) is 15.0. The fourth-order valence-electron chi connectivity index (χ4n) is 1.69. The molecular formula is C15H25NO2. The molecule has 0 saturated heterocycles. The zero-order valence-corrected chi connectivity index (χ0v) is 12.1. The summed E-state index contributed by atoms with van der Waals surface area (Å²) in [4.78, 5) is 0. The van der Waals surface area contributed by atoms with Crippen LogP contribution in [0.15, 0.2) is 24.3 Å². The molecule has 0 bridgehead atoms. The van der Waals surface area contributed by atoms with Gasteiger partial charge in [0.1, 0.15) is 5.75 Å². The molecule has 0 amide bonds. The molecule has 0 aliphatic rings. The number of hydrogen-bond acceptors (Lipinski definition) is 3. The quantitative estimate of drug-likeness (QED) is 0.807. The van der Waals surface area contributed by atoms with Crippen molar-refractivity contribution in [2.45, 2.75) is 45.9 Å². The van der Waals surface area contributed by atoms with Crippen LogP contribution in [0.1, 0.15) is 39.3 Å². The van der Waals surface area contributed by atoms with Gasteiger partial charge >= 0.3 is 0 Å². The van der Waals surface area contributed by atoms with Crippen LogP contribution in [0.5, 0.6) is 5.75 Å². The molecule has 1 N–H and O–H groups in total. The van der Waals surface area contributed by atoms with E-state index in [1.165, 1.54) is 5.56 Å². The minimum atomic E-state index is 0.209. The largest absolute Gasteiger partial charge is 0.491 e. The summed E-state index contributed by atoms with van der Waals surface area (Å²) >= 11 is 0. The molecule has 0 radical (unpaired) electrons. The van der Waals surface area contributed by atoms with Crippen molar-refractivity contribution < 1.29 is 9.47 Å². The summed E-state index contributed by atoms with van der Waals surface area (Å²) in [5.74, 6) is 0.911. The average molecular weight is 251 g/mol. The molecule has 0 heterocycles. The predicted molar refractivity (Wildman–Crippen MR) is 75.1 cm³/mol. The summed E-state index contributed by atoms with van der Waals surface area (Å²) in [6.07, 6.45) is 0.463. The molecule has 0 aromatic heterocycles. The molecule has 0 spiro atoms. The third-order valence-electron chi connectivity index (χ3n) is 2.60. The van der Waals surface area contributed by atoms with Crippen LogP contribution in [0.2, 0.25) is 0 Å². The van der Waals surface area contributed by atoms with Gasteiger partial charge in [-0.2, -0.15) is 0 Å². The van der Waals surface area contributed by atoms with Crippen molar-refractivity contribution in [3.63, 3.8) is 0 Å². The Morgan fingerprint density at radius 2 is 1.61 bits per heavy atom. The minimum Gasteiger partial charge on any atom is -0.491 e. The number of benzene rings is 1. The molecule has 1 atom stereocenters. The maximum Gasteiger partial charge on any atom is 0.119 e. The Kier molecular flexibility index (Phi) is 6.16. The second-order valence-electron chi connectivity index (χ2n) is 4.96. The van der Waals surface area contributed by atoms with E-state index in [0.717, 1.165) is 5.75 Å². The van der Waals surface area contributed by atoms with E-state index in [9.17, 15) is 0 Å². The molecule has 1 aromatic carbocycles. The highest BCUT2D eigenvalue weighted by atomic mass is 16.5. The third-order valence-corrected chi connectivity index (χ3v) is 2.60. The highest BCUT2D eigenvalue weighted by Gasteiger charge is 2.10. The van der Waals surface area contributed by atoms with Crippen LogP contribution >= 0.6 is 0 Å². The maximum absolute atomic E-state index is 5.65. The fourth-order valence-corrected chi connectivity index (χ4v) is 1.69. The molecule has 0 aliphatic carbocycles. The smallest absolute Gasteiger partial charge is 0.119 e. The first-order chi connectivity index (χ1) is 8.52. The molecule has 0 saturated carbocycles. The van der Waals surface area contributed by atoms with Crippen LogP contribution in [0.25, 0.3) is 0 Å². The Bertz CT molecular complexity index is 333. The van der Waals surface area contributed by atoms with E-state index in [1.54, 1.807) is 0 Å². The highest BCUT2D eigenvalue weighted by Crippen LogP contribution is 2.19. The van der Waals surface area contributed by atoms with Crippen molar-refractivity contribution in [1.82, 2.24) is 5.32 Å². The summed E-state index contributed by atoms with van der Waals surface area (Å²) in [6.45, 7) is 8.83. The second kappa shape index (κ2) is 7.39. The Balaban J connectivity index is 2.63. The minimum absolute atomic E-state index is 0.209. The number of hydrogen-bond donors (Lipinski definition) is 1. The van der Waals surface area contributed by atoms with Crippen molar-refractivity contribution in [3.8, 4) is 5.75 Å². The molecule has 1 aromatic rings. The van der Waals surface area contributed by atoms with E-state index in [-0.39, 0.29) is 18.2 Å². The SMILES string of the molecule is CNC(COC(C)C)c1ccc(OC(C)C)cc1. The summed E-state index contributed by atoms with van der Waals surface area (Å²) in [7, 11) is 1.95. The number of ether oxygens (including phenoxy) is 2. The molecule has 0 fully saturated rings. The lowest BCUT2D eigenvalue weighted by atomic mass is 10.1. The van der Waals surface area contributed by atoms with Crippen molar-refractivity contribution in [1.29, 1.82) is 0 Å². The summed E-state index contributed by atoms with van der Waals surface area (Å²) in [6, 6.07) is 8.41. The predicted octanol–water partition coefficient (Wildman–Crippen LogP) is 3.16. The van der Waals surface area contributed by atoms with Crippen LogP contribution in [0, 0.1) is 0 Å². The maximum atomic E-state index is 5.65. The van der Waals surface area contributed by atoms with Gasteiger partial charge < -0.3 is 14.8 Å². The molecule has 1 unspecified atom stereocenters. The standard InChI is InChI=1S/C15H25NO2/c1-11(2)17-10-15(16-5)13-6-8-14(9-7-13)18-12(3)4/h6-9,11-12,15-16H,10H2,1-5H3. The van der Waals surface area contributed by atoms with E-state index in [2.05, 4.69) is 17.4 Å². The molecule has 102 valence electrons. The van der Waals surface area contributed by atoms with E-state index in [0.29, 0.717) is 6.61 Å². The van der Waals surface area contributed by atoms with Crippen LogP contribution in [0.4, 0.5) is 0 Å². The molecule has 18 heavy (non-hydrogen) atoms. The molecule has 1 rings (SSSR count). The van der Waals surface area contributed by atoms with Crippen LogP contribution in [-0.4, -0.2) is 25.9 Å². The van der Waals surface area contributed by atoms with Gasteiger partial charge in [0.25, 0.3) is 0 Å². The molecule has 3 nitrogen and oxygen atoms in total. The average Bonchev–Trinajstić information content (AvgIpc) is 2.31. The second-order valence-corrected chi connectivity index (χ2v) is 4.96. The van der Waals surface area contributed by atoms with Crippen LogP contribution < -0.4 is 10.1 Å². The van der Waals surface area contributed by atoms with Gasteiger partial charge in [-0.1, -0.05) is 12.1 Å². The van der Waals surface area contributed by atoms with E-state index < -0.39 is 0 Å². The zero-order chi connectivity index (χ0) is 13.5. The van der Waals surface area contributed by atoms with E-state index in [1.807, 2.05) is 46.9 Å². The van der Waals surface area contributed by atoms with Crippen LogP contribution in [-0.2, 0) is 4.74 Å². The van der Waals surface area contributed by atoms with Gasteiger partial charge in [0, 0.05) is 0 Å². The monoisotopic (exact) mass is 251 g/mol. The summed E-state index contributed by atoms with van der Waals surface area (Å²) in [5, 5.41) is 3.27. The topological polar surface area (TPSA) is 30.5 Å². The van der Waals surface area contributed by atoms with Gasteiger partial charge in [0.05, 0.1) is 24.9 Å². The molecular weight excluding hydrogens is 226 g/mol. The Morgan fingerprint density at radius 1 is 1.00 bits per heavy atom. The van der Waals surface area contributed by atoms with Gasteiger partial charge in [0.2, 0.25) is 0 Å². The van der Waals surface area contributed by atoms with Crippen molar-refractivity contribution >= 4 is 0 Å². The molecule has 0 aliphatic heterocycles. The van der Waals surface area contributed by atoms with E-state index >= 15 is 0 Å². The zero-order valence-electron chi connectivity index (χ0n) is 12.1. The lowest BCUT2D eigenvalue weighted by molar-refractivity contribution is 0.0626. The first-order valence-corrected chi connectivity index (χ1v) is 6.58. The highest BCUT2D eigenvalue weighted by molar-refractivity contribution is 5.29. The van der Waals surface area contributed by atoms with Crippen LogP contribution in [0.3, 0.4) is 0 Å². The van der Waals surface area contributed by atoms with E-state index in [4.69, 9.17) is 9.47 Å².